The molecule has 17 heavy (non-hydrogen) atoms. The molecule has 0 aromatic carbocycles. The number of rotatable bonds is 5. The van der Waals surface area contributed by atoms with E-state index in [1.54, 1.807) is 7.11 Å². The standard InChI is InChI=1S/C14H29NO2/c1-5-12-9-7-6-8-10-15(12)11-13(16)14(2,3)17-4/h12-13,16H,5-11H2,1-4H3. The number of methoxy groups -OCH3 is 1. The van der Waals surface area contributed by atoms with E-state index in [1.165, 1.54) is 32.1 Å². The molecule has 0 aromatic heterocycles. The lowest BCUT2D eigenvalue weighted by Crippen LogP contribution is -2.48. The summed E-state index contributed by atoms with van der Waals surface area (Å²) in [6.07, 6.45) is 5.96. The van der Waals surface area contributed by atoms with Gasteiger partial charge in [0.05, 0.1) is 11.7 Å². The molecule has 0 bridgehead atoms. The first-order valence-corrected chi connectivity index (χ1v) is 6.98. The Hall–Kier alpha value is -0.120. The summed E-state index contributed by atoms with van der Waals surface area (Å²) in [6, 6.07) is 0.639. The molecule has 1 heterocycles. The van der Waals surface area contributed by atoms with Crippen LogP contribution in [0.2, 0.25) is 0 Å². The number of hydrogen-bond donors (Lipinski definition) is 1. The van der Waals surface area contributed by atoms with Gasteiger partial charge in [-0.1, -0.05) is 19.8 Å². The second kappa shape index (κ2) is 6.72. The number of β-amino-alcohol motifs (C(OH)–C–C–N with tert-alkyl or cyclic N) is 1. The number of nitrogens with zero attached hydrogens (tertiary/aromatic N) is 1. The molecule has 0 radical (unpaired) electrons. The molecule has 1 saturated heterocycles. The first-order chi connectivity index (χ1) is 8.01. The summed E-state index contributed by atoms with van der Waals surface area (Å²) in [7, 11) is 1.67. The topological polar surface area (TPSA) is 32.7 Å². The Balaban J connectivity index is 2.57. The van der Waals surface area contributed by atoms with Crippen LogP contribution in [0.4, 0.5) is 0 Å². The van der Waals surface area contributed by atoms with Crippen molar-refractivity contribution in [3.8, 4) is 0 Å². The van der Waals surface area contributed by atoms with Gasteiger partial charge in [0, 0.05) is 19.7 Å². The van der Waals surface area contributed by atoms with Crippen LogP contribution in [-0.4, -0.2) is 48.0 Å². The molecular weight excluding hydrogens is 214 g/mol. The van der Waals surface area contributed by atoms with Crippen molar-refractivity contribution in [2.24, 2.45) is 0 Å². The van der Waals surface area contributed by atoms with Gasteiger partial charge in [-0.05, 0) is 39.7 Å². The smallest absolute Gasteiger partial charge is 0.0950 e. The Morgan fingerprint density at radius 1 is 1.35 bits per heavy atom. The average molecular weight is 243 g/mol. The van der Waals surface area contributed by atoms with Crippen molar-refractivity contribution >= 4 is 0 Å². The summed E-state index contributed by atoms with van der Waals surface area (Å²) in [5.74, 6) is 0. The minimum atomic E-state index is -0.454. The molecule has 0 spiro atoms. The highest BCUT2D eigenvalue weighted by Crippen LogP contribution is 2.22. The van der Waals surface area contributed by atoms with Crippen molar-refractivity contribution in [2.45, 2.75) is 70.6 Å². The van der Waals surface area contributed by atoms with Crippen molar-refractivity contribution in [2.75, 3.05) is 20.2 Å². The lowest BCUT2D eigenvalue weighted by atomic mass is 9.99. The zero-order chi connectivity index (χ0) is 12.9. The van der Waals surface area contributed by atoms with Crippen molar-refractivity contribution in [1.82, 2.24) is 4.90 Å². The third-order valence-corrected chi connectivity index (χ3v) is 4.21. The summed E-state index contributed by atoms with van der Waals surface area (Å²) >= 11 is 0. The molecule has 1 aliphatic rings. The Morgan fingerprint density at radius 3 is 2.65 bits per heavy atom. The highest BCUT2D eigenvalue weighted by molar-refractivity contribution is 4.84. The normalized spacial score (nSPS) is 25.6. The molecule has 3 nitrogen and oxygen atoms in total. The molecule has 1 fully saturated rings. The molecule has 0 amide bonds. The van der Waals surface area contributed by atoms with Gasteiger partial charge in [0.2, 0.25) is 0 Å². The summed E-state index contributed by atoms with van der Waals surface area (Å²) < 4.78 is 5.36. The monoisotopic (exact) mass is 243 g/mol. The van der Waals surface area contributed by atoms with Crippen molar-refractivity contribution in [3.05, 3.63) is 0 Å². The van der Waals surface area contributed by atoms with Crippen molar-refractivity contribution in [1.29, 1.82) is 0 Å². The molecule has 1 aliphatic heterocycles. The predicted molar refractivity (Wildman–Crippen MR) is 71.2 cm³/mol. The van der Waals surface area contributed by atoms with Gasteiger partial charge in [0.25, 0.3) is 0 Å². The second-order valence-electron chi connectivity index (χ2n) is 5.73. The van der Waals surface area contributed by atoms with Crippen molar-refractivity contribution in [3.63, 3.8) is 0 Å². The summed E-state index contributed by atoms with van der Waals surface area (Å²) in [5.41, 5.74) is -0.454. The molecule has 2 unspecified atom stereocenters. The maximum absolute atomic E-state index is 10.3. The van der Waals surface area contributed by atoms with Crippen LogP contribution >= 0.6 is 0 Å². The number of hydrogen-bond acceptors (Lipinski definition) is 3. The zero-order valence-corrected chi connectivity index (χ0v) is 11.9. The molecular formula is C14H29NO2. The van der Waals surface area contributed by atoms with Gasteiger partial charge >= 0.3 is 0 Å². The van der Waals surface area contributed by atoms with E-state index in [0.29, 0.717) is 6.04 Å². The highest BCUT2D eigenvalue weighted by Gasteiger charge is 2.31. The lowest BCUT2D eigenvalue weighted by Gasteiger charge is -2.36. The van der Waals surface area contributed by atoms with Crippen LogP contribution < -0.4 is 0 Å². The van der Waals surface area contributed by atoms with Crippen LogP contribution in [0.25, 0.3) is 0 Å². The van der Waals surface area contributed by atoms with Crippen LogP contribution in [0.3, 0.4) is 0 Å². The Labute approximate surface area is 106 Å². The first kappa shape index (κ1) is 14.9. The SMILES string of the molecule is CCC1CCCCCN1CC(O)C(C)(C)OC. The molecule has 0 saturated carbocycles. The third kappa shape index (κ3) is 4.23. The summed E-state index contributed by atoms with van der Waals surface area (Å²) in [5, 5.41) is 10.3. The number of likely N-dealkylation sites (tertiary alicyclic amines) is 1. The average Bonchev–Trinajstić information content (AvgIpc) is 2.54. The number of aliphatic hydroxyl groups excluding tert-OH is 1. The quantitative estimate of drug-likeness (QED) is 0.805. The fourth-order valence-electron chi connectivity index (χ4n) is 2.52. The zero-order valence-electron chi connectivity index (χ0n) is 11.9. The van der Waals surface area contributed by atoms with E-state index in [1.807, 2.05) is 13.8 Å². The largest absolute Gasteiger partial charge is 0.389 e. The van der Waals surface area contributed by atoms with Crippen molar-refractivity contribution < 1.29 is 9.84 Å². The molecule has 1 rings (SSSR count). The molecule has 2 atom stereocenters. The van der Waals surface area contributed by atoms with Gasteiger partial charge < -0.3 is 9.84 Å². The molecule has 102 valence electrons. The second-order valence-corrected chi connectivity index (χ2v) is 5.73. The van der Waals surface area contributed by atoms with Crippen LogP contribution in [0.1, 0.15) is 52.9 Å². The van der Waals surface area contributed by atoms with Gasteiger partial charge in [0.1, 0.15) is 0 Å². The summed E-state index contributed by atoms with van der Waals surface area (Å²) in [6.45, 7) is 8.01. The maximum atomic E-state index is 10.3. The highest BCUT2D eigenvalue weighted by atomic mass is 16.5. The fraction of sp³-hybridized carbons (Fsp3) is 1.00. The minimum Gasteiger partial charge on any atom is -0.389 e. The number of aliphatic hydroxyl groups is 1. The van der Waals surface area contributed by atoms with E-state index in [4.69, 9.17) is 4.74 Å². The first-order valence-electron chi connectivity index (χ1n) is 6.98. The van der Waals surface area contributed by atoms with E-state index in [0.717, 1.165) is 13.1 Å². The molecule has 1 N–H and O–H groups in total. The van der Waals surface area contributed by atoms with E-state index in [-0.39, 0.29) is 0 Å². The van der Waals surface area contributed by atoms with Crippen LogP contribution in [0, 0.1) is 0 Å². The number of ether oxygens (including phenoxy) is 1. The van der Waals surface area contributed by atoms with E-state index in [9.17, 15) is 5.11 Å². The van der Waals surface area contributed by atoms with Crippen LogP contribution in [0.5, 0.6) is 0 Å². The summed E-state index contributed by atoms with van der Waals surface area (Å²) in [4.78, 5) is 2.46. The van der Waals surface area contributed by atoms with Gasteiger partial charge in [-0.25, -0.2) is 0 Å². The minimum absolute atomic E-state index is 0.417. The van der Waals surface area contributed by atoms with Gasteiger partial charge in [-0.3, -0.25) is 4.90 Å². The van der Waals surface area contributed by atoms with Gasteiger partial charge in [-0.2, -0.15) is 0 Å². The maximum Gasteiger partial charge on any atom is 0.0950 e. The van der Waals surface area contributed by atoms with Gasteiger partial charge in [-0.15, -0.1) is 0 Å². The van der Waals surface area contributed by atoms with Crippen LogP contribution in [-0.2, 0) is 4.74 Å². The molecule has 0 aliphatic carbocycles. The lowest BCUT2D eigenvalue weighted by molar-refractivity contribution is -0.0910. The molecule has 3 heteroatoms. The van der Waals surface area contributed by atoms with Crippen LogP contribution in [0.15, 0.2) is 0 Å². The Morgan fingerprint density at radius 2 is 2.06 bits per heavy atom. The van der Waals surface area contributed by atoms with E-state index >= 15 is 0 Å². The van der Waals surface area contributed by atoms with Gasteiger partial charge in [0.15, 0.2) is 0 Å². The van der Waals surface area contributed by atoms with E-state index < -0.39 is 11.7 Å². The Bertz CT molecular complexity index is 218. The fourth-order valence-corrected chi connectivity index (χ4v) is 2.52. The predicted octanol–water partition coefficient (Wildman–Crippen LogP) is 2.43. The Kier molecular flexibility index (Phi) is 5.90. The van der Waals surface area contributed by atoms with E-state index in [2.05, 4.69) is 11.8 Å². The third-order valence-electron chi connectivity index (χ3n) is 4.21. The molecule has 0 aromatic rings.